The monoisotopic (exact) mass is 391 g/mol. The molecular weight excluding hydrogens is 371 g/mol. The molecule has 0 saturated carbocycles. The van der Waals surface area contributed by atoms with Gasteiger partial charge in [-0.1, -0.05) is 19.9 Å². The number of nitrogens with zero attached hydrogens (tertiary/aromatic N) is 2. The summed E-state index contributed by atoms with van der Waals surface area (Å²) in [4.78, 5) is 15.6. The number of anilines is 1. The minimum atomic E-state index is -4.65. The molecule has 0 aliphatic heterocycles. The van der Waals surface area contributed by atoms with Gasteiger partial charge in [0.05, 0.1) is 17.6 Å². The van der Waals surface area contributed by atoms with E-state index in [2.05, 4.69) is 10.3 Å². The number of carbonyl (C=O) groups excluding carboxylic acids is 1. The Kier molecular flexibility index (Phi) is 5.42. The van der Waals surface area contributed by atoms with E-state index in [4.69, 9.17) is 0 Å². The average Bonchev–Trinajstić information content (AvgIpc) is 3.00. The first-order valence-corrected chi connectivity index (χ1v) is 8.78. The normalized spacial score (nSPS) is 12.0. The molecule has 5 nitrogen and oxygen atoms in total. The van der Waals surface area contributed by atoms with Crippen LogP contribution in [0.3, 0.4) is 0 Å². The van der Waals surface area contributed by atoms with E-state index in [1.807, 2.05) is 13.8 Å². The van der Waals surface area contributed by atoms with Gasteiger partial charge in [-0.2, -0.15) is 13.2 Å². The van der Waals surface area contributed by atoms with Crippen LogP contribution in [0.15, 0.2) is 42.5 Å². The molecule has 28 heavy (non-hydrogen) atoms. The molecule has 0 fully saturated rings. The number of benzene rings is 2. The van der Waals surface area contributed by atoms with Gasteiger partial charge in [0.2, 0.25) is 11.7 Å². The highest BCUT2D eigenvalue weighted by atomic mass is 19.4. The van der Waals surface area contributed by atoms with E-state index in [9.17, 15) is 23.1 Å². The predicted octanol–water partition coefficient (Wildman–Crippen LogP) is 4.52. The van der Waals surface area contributed by atoms with E-state index < -0.39 is 12.0 Å². The van der Waals surface area contributed by atoms with Gasteiger partial charge < -0.3 is 10.4 Å². The lowest BCUT2D eigenvalue weighted by molar-refractivity contribution is -0.145. The first-order valence-electron chi connectivity index (χ1n) is 8.78. The predicted molar refractivity (Wildman–Crippen MR) is 100 cm³/mol. The van der Waals surface area contributed by atoms with Gasteiger partial charge in [-0.3, -0.25) is 9.36 Å². The summed E-state index contributed by atoms with van der Waals surface area (Å²) in [6, 6.07) is 10.6. The van der Waals surface area contributed by atoms with Crippen LogP contribution < -0.4 is 5.32 Å². The number of aliphatic hydroxyl groups excluding tert-OH is 1. The van der Waals surface area contributed by atoms with Crippen molar-refractivity contribution in [3.63, 3.8) is 0 Å². The molecule has 1 amide bonds. The van der Waals surface area contributed by atoms with Gasteiger partial charge in [0.15, 0.2) is 0 Å². The highest BCUT2D eigenvalue weighted by Crippen LogP contribution is 2.34. The van der Waals surface area contributed by atoms with Crippen LogP contribution >= 0.6 is 0 Å². The maximum atomic E-state index is 13.5. The molecule has 0 atom stereocenters. The van der Waals surface area contributed by atoms with E-state index in [0.717, 1.165) is 4.57 Å². The number of halogens is 3. The molecule has 0 bridgehead atoms. The van der Waals surface area contributed by atoms with Crippen molar-refractivity contribution in [1.82, 2.24) is 9.55 Å². The molecule has 0 radical (unpaired) electrons. The second-order valence-corrected chi connectivity index (χ2v) is 6.94. The van der Waals surface area contributed by atoms with Crippen LogP contribution in [0.5, 0.6) is 0 Å². The Morgan fingerprint density at radius 1 is 1.18 bits per heavy atom. The molecule has 8 heteroatoms. The lowest BCUT2D eigenvalue weighted by Gasteiger charge is -2.13. The summed E-state index contributed by atoms with van der Waals surface area (Å²) < 4.78 is 41.6. The summed E-state index contributed by atoms with van der Waals surface area (Å²) in [5.74, 6) is -0.993. The Morgan fingerprint density at radius 3 is 2.43 bits per heavy atom. The molecule has 3 rings (SSSR count). The molecule has 148 valence electrons. The minimum Gasteiger partial charge on any atom is -0.392 e. The Morgan fingerprint density at radius 2 is 1.86 bits per heavy atom. The van der Waals surface area contributed by atoms with Crippen molar-refractivity contribution in [3.8, 4) is 5.69 Å². The summed E-state index contributed by atoms with van der Waals surface area (Å²) in [5.41, 5.74) is 1.69. The maximum Gasteiger partial charge on any atom is 0.450 e. The zero-order chi connectivity index (χ0) is 20.5. The summed E-state index contributed by atoms with van der Waals surface area (Å²) in [6.45, 7) is 3.57. The number of alkyl halides is 3. The number of aromatic nitrogens is 2. The summed E-state index contributed by atoms with van der Waals surface area (Å²) in [6.07, 6.45) is -4.29. The molecule has 0 aliphatic rings. The van der Waals surface area contributed by atoms with Crippen molar-refractivity contribution >= 4 is 22.6 Å². The number of aliphatic hydroxyl groups is 1. The molecule has 2 N–H and O–H groups in total. The molecule has 0 spiro atoms. The van der Waals surface area contributed by atoms with Crippen LogP contribution in [0.25, 0.3) is 16.7 Å². The fraction of sp³-hybridized carbons (Fsp3) is 0.300. The van der Waals surface area contributed by atoms with Crippen LogP contribution in [-0.2, 0) is 17.6 Å². The fourth-order valence-corrected chi connectivity index (χ4v) is 2.95. The Bertz CT molecular complexity index is 992. The lowest BCUT2D eigenvalue weighted by Crippen LogP contribution is -2.15. The van der Waals surface area contributed by atoms with E-state index >= 15 is 0 Å². The number of hydrogen-bond acceptors (Lipinski definition) is 3. The fourth-order valence-electron chi connectivity index (χ4n) is 2.95. The molecule has 1 aromatic heterocycles. The number of carbonyl (C=O) groups is 1. The van der Waals surface area contributed by atoms with Crippen LogP contribution in [0.4, 0.5) is 18.9 Å². The van der Waals surface area contributed by atoms with Crippen LogP contribution in [0.1, 0.15) is 31.7 Å². The number of fused-ring (bicyclic) bond motifs is 1. The first-order chi connectivity index (χ1) is 13.2. The van der Waals surface area contributed by atoms with Gasteiger partial charge in [0.25, 0.3) is 0 Å². The molecule has 0 saturated heterocycles. The number of amides is 1. The quantitative estimate of drug-likeness (QED) is 0.672. The average molecular weight is 391 g/mol. The third kappa shape index (κ3) is 4.17. The maximum absolute atomic E-state index is 13.5. The van der Waals surface area contributed by atoms with E-state index in [0.29, 0.717) is 17.7 Å². The zero-order valence-electron chi connectivity index (χ0n) is 15.4. The Balaban J connectivity index is 2.01. The topological polar surface area (TPSA) is 67.2 Å². The van der Waals surface area contributed by atoms with Crippen molar-refractivity contribution in [2.45, 2.75) is 33.1 Å². The SMILES string of the molecule is CC(C)CC(=O)Nc1ccc(-n2c(C(F)(F)F)nc3cc(CO)ccc32)cc1. The van der Waals surface area contributed by atoms with Crippen molar-refractivity contribution in [3.05, 3.63) is 53.9 Å². The molecule has 2 aromatic carbocycles. The van der Waals surface area contributed by atoms with Crippen LogP contribution in [-0.4, -0.2) is 20.6 Å². The van der Waals surface area contributed by atoms with Gasteiger partial charge in [-0.15, -0.1) is 0 Å². The zero-order valence-corrected chi connectivity index (χ0v) is 15.4. The van der Waals surface area contributed by atoms with Crippen molar-refractivity contribution < 1.29 is 23.1 Å². The summed E-state index contributed by atoms with van der Waals surface area (Å²) in [5, 5.41) is 11.9. The van der Waals surface area contributed by atoms with Crippen molar-refractivity contribution in [2.24, 2.45) is 5.92 Å². The van der Waals surface area contributed by atoms with E-state index in [-0.39, 0.29) is 35.2 Å². The highest BCUT2D eigenvalue weighted by Gasteiger charge is 2.38. The van der Waals surface area contributed by atoms with Crippen LogP contribution in [0.2, 0.25) is 0 Å². The molecule has 3 aromatic rings. The van der Waals surface area contributed by atoms with Gasteiger partial charge in [-0.05, 0) is 47.9 Å². The van der Waals surface area contributed by atoms with Crippen molar-refractivity contribution in [1.29, 1.82) is 0 Å². The number of rotatable bonds is 5. The standard InChI is InChI=1S/C20H20F3N3O2/c1-12(2)9-18(28)24-14-4-6-15(7-5-14)26-17-8-3-13(11-27)10-16(17)25-19(26)20(21,22)23/h3-8,10,12,27H,9,11H2,1-2H3,(H,24,28). The minimum absolute atomic E-state index is 0.146. The van der Waals surface area contributed by atoms with Gasteiger partial charge in [0, 0.05) is 17.8 Å². The third-order valence-electron chi connectivity index (χ3n) is 4.16. The highest BCUT2D eigenvalue weighted by molar-refractivity contribution is 5.91. The smallest absolute Gasteiger partial charge is 0.392 e. The van der Waals surface area contributed by atoms with Crippen LogP contribution in [0, 0.1) is 5.92 Å². The Labute approximate surface area is 159 Å². The van der Waals surface area contributed by atoms with Gasteiger partial charge in [-0.25, -0.2) is 4.98 Å². The second-order valence-electron chi connectivity index (χ2n) is 6.94. The van der Waals surface area contributed by atoms with Gasteiger partial charge >= 0.3 is 6.18 Å². The summed E-state index contributed by atoms with van der Waals surface area (Å²) >= 11 is 0. The lowest BCUT2D eigenvalue weighted by atomic mass is 10.1. The number of nitrogens with one attached hydrogen (secondary N) is 1. The van der Waals surface area contributed by atoms with E-state index in [1.54, 1.807) is 18.2 Å². The first kappa shape index (κ1) is 19.9. The van der Waals surface area contributed by atoms with Gasteiger partial charge in [0.1, 0.15) is 0 Å². The number of hydrogen-bond donors (Lipinski definition) is 2. The third-order valence-corrected chi connectivity index (χ3v) is 4.16. The molecule has 0 unspecified atom stereocenters. The Hall–Kier alpha value is -2.87. The second kappa shape index (κ2) is 7.63. The molecule has 1 heterocycles. The molecule has 0 aliphatic carbocycles. The largest absolute Gasteiger partial charge is 0.450 e. The van der Waals surface area contributed by atoms with Crippen molar-refractivity contribution in [2.75, 3.05) is 5.32 Å². The molecular formula is C20H20F3N3O2. The number of imidazole rings is 1. The summed E-state index contributed by atoms with van der Waals surface area (Å²) in [7, 11) is 0. The van der Waals surface area contributed by atoms with E-state index in [1.165, 1.54) is 24.3 Å².